The van der Waals surface area contributed by atoms with Gasteiger partial charge in [0.15, 0.2) is 0 Å². The van der Waals surface area contributed by atoms with E-state index in [9.17, 15) is 0 Å². The van der Waals surface area contributed by atoms with E-state index >= 15 is 0 Å². The van der Waals surface area contributed by atoms with E-state index in [0.717, 1.165) is 17.4 Å². The molecule has 2 atom stereocenters. The van der Waals surface area contributed by atoms with Gasteiger partial charge in [-0.2, -0.15) is 4.37 Å². The summed E-state index contributed by atoms with van der Waals surface area (Å²) in [5.41, 5.74) is 0. The lowest BCUT2D eigenvalue weighted by Crippen LogP contribution is -2.30. The highest BCUT2D eigenvalue weighted by Gasteiger charge is 2.13. The first-order valence-electron chi connectivity index (χ1n) is 5.99. The molecule has 0 saturated carbocycles. The molecule has 2 aromatic heterocycles. The van der Waals surface area contributed by atoms with Crippen LogP contribution in [0.25, 0.3) is 0 Å². The molecule has 2 rings (SSSR count). The number of thiophene rings is 1. The van der Waals surface area contributed by atoms with Gasteiger partial charge in [-0.3, -0.25) is 0 Å². The fraction of sp³-hybridized carbons (Fsp3) is 0.500. The first-order chi connectivity index (χ1) is 8.69. The van der Waals surface area contributed by atoms with Crippen molar-refractivity contribution in [2.45, 2.75) is 32.4 Å². The van der Waals surface area contributed by atoms with Crippen molar-refractivity contribution in [1.29, 1.82) is 0 Å². The maximum absolute atomic E-state index is 4.40. The Morgan fingerprint density at radius 2 is 2.22 bits per heavy atom. The molecule has 2 aromatic rings. The molecule has 4 nitrogen and oxygen atoms in total. The van der Waals surface area contributed by atoms with Crippen molar-refractivity contribution < 1.29 is 0 Å². The third kappa shape index (κ3) is 3.51. The van der Waals surface area contributed by atoms with Crippen molar-refractivity contribution in [3.05, 3.63) is 28.2 Å². The zero-order valence-electron chi connectivity index (χ0n) is 10.8. The van der Waals surface area contributed by atoms with Crippen LogP contribution in [0.5, 0.6) is 0 Å². The number of hydrogen-bond acceptors (Lipinski definition) is 6. The van der Waals surface area contributed by atoms with Crippen LogP contribution < -0.4 is 10.6 Å². The number of rotatable bonds is 6. The molecule has 2 heterocycles. The number of nitrogens with one attached hydrogen (secondary N) is 2. The minimum absolute atomic E-state index is 0.362. The molecule has 0 aliphatic carbocycles. The molecule has 0 fully saturated rings. The molecule has 0 aliphatic rings. The predicted octanol–water partition coefficient (Wildman–Crippen LogP) is 2.92. The molecular formula is C12H18N4S2. The predicted molar refractivity (Wildman–Crippen MR) is 78.5 cm³/mol. The summed E-state index contributed by atoms with van der Waals surface area (Å²) in [6, 6.07) is 4.99. The second kappa shape index (κ2) is 6.26. The van der Waals surface area contributed by atoms with Gasteiger partial charge in [0.25, 0.3) is 0 Å². The molecule has 0 aliphatic heterocycles. The highest BCUT2D eigenvalue weighted by Crippen LogP contribution is 2.19. The maximum Gasteiger partial charge on any atom is 0.202 e. The standard InChI is InChI=1S/C12H18N4S2/c1-8(7-11-15-12(13-3)18-16-11)14-9(2)10-5-4-6-17-10/h4-6,8-9,14H,7H2,1-3H3,(H,13,15,16)/t8?,9-/m0/s1. The number of hydrogen-bond donors (Lipinski definition) is 2. The minimum Gasteiger partial charge on any atom is -0.363 e. The third-order valence-electron chi connectivity index (χ3n) is 2.68. The summed E-state index contributed by atoms with van der Waals surface area (Å²) in [5, 5.41) is 9.57. The van der Waals surface area contributed by atoms with Crippen LogP contribution in [-0.2, 0) is 6.42 Å². The molecule has 0 saturated heterocycles. The lowest BCUT2D eigenvalue weighted by Gasteiger charge is -2.17. The van der Waals surface area contributed by atoms with E-state index in [2.05, 4.69) is 51.4 Å². The van der Waals surface area contributed by atoms with E-state index in [0.29, 0.717) is 12.1 Å². The molecule has 0 aromatic carbocycles. The SMILES string of the molecule is CNc1nc(CC(C)N[C@@H](C)c2cccs2)ns1. The Labute approximate surface area is 116 Å². The molecule has 1 unspecified atom stereocenters. The molecular weight excluding hydrogens is 264 g/mol. The highest BCUT2D eigenvalue weighted by molar-refractivity contribution is 7.10. The fourth-order valence-corrected chi connectivity index (χ4v) is 3.11. The van der Waals surface area contributed by atoms with Gasteiger partial charge in [0, 0.05) is 42.0 Å². The molecule has 6 heteroatoms. The normalized spacial score (nSPS) is 14.4. The molecule has 0 bridgehead atoms. The second-order valence-electron chi connectivity index (χ2n) is 4.27. The van der Waals surface area contributed by atoms with Crippen LogP contribution in [0.15, 0.2) is 17.5 Å². The van der Waals surface area contributed by atoms with E-state index < -0.39 is 0 Å². The van der Waals surface area contributed by atoms with Crippen molar-refractivity contribution in [3.8, 4) is 0 Å². The first-order valence-corrected chi connectivity index (χ1v) is 7.64. The Bertz CT molecular complexity index is 466. The van der Waals surface area contributed by atoms with Gasteiger partial charge in [-0.25, -0.2) is 4.98 Å². The van der Waals surface area contributed by atoms with Crippen molar-refractivity contribution >= 4 is 28.0 Å². The van der Waals surface area contributed by atoms with E-state index in [1.54, 1.807) is 11.3 Å². The smallest absolute Gasteiger partial charge is 0.202 e. The monoisotopic (exact) mass is 282 g/mol. The van der Waals surface area contributed by atoms with Crippen LogP contribution in [0.1, 0.15) is 30.6 Å². The number of nitrogens with zero attached hydrogens (tertiary/aromatic N) is 2. The van der Waals surface area contributed by atoms with Crippen molar-refractivity contribution in [2.75, 3.05) is 12.4 Å². The van der Waals surface area contributed by atoms with Crippen LogP contribution in [0.4, 0.5) is 5.13 Å². The van der Waals surface area contributed by atoms with Crippen LogP contribution in [0, 0.1) is 0 Å². The second-order valence-corrected chi connectivity index (χ2v) is 6.01. The Hall–Kier alpha value is -0.980. The highest BCUT2D eigenvalue weighted by atomic mass is 32.1. The average Bonchev–Trinajstić information content (AvgIpc) is 2.98. The lowest BCUT2D eigenvalue weighted by molar-refractivity contribution is 0.476. The van der Waals surface area contributed by atoms with Crippen LogP contribution in [0.2, 0.25) is 0 Å². The van der Waals surface area contributed by atoms with Crippen LogP contribution in [-0.4, -0.2) is 22.4 Å². The maximum atomic E-state index is 4.40. The van der Waals surface area contributed by atoms with E-state index in [1.807, 2.05) is 7.05 Å². The largest absolute Gasteiger partial charge is 0.363 e. The molecule has 0 spiro atoms. The zero-order valence-corrected chi connectivity index (χ0v) is 12.4. The van der Waals surface area contributed by atoms with Crippen molar-refractivity contribution in [1.82, 2.24) is 14.7 Å². The molecule has 0 amide bonds. The quantitative estimate of drug-likeness (QED) is 0.855. The van der Waals surface area contributed by atoms with Gasteiger partial charge in [-0.15, -0.1) is 11.3 Å². The van der Waals surface area contributed by atoms with Crippen LogP contribution >= 0.6 is 22.9 Å². The van der Waals surface area contributed by atoms with E-state index in [-0.39, 0.29) is 0 Å². The summed E-state index contributed by atoms with van der Waals surface area (Å²) >= 11 is 3.20. The summed E-state index contributed by atoms with van der Waals surface area (Å²) in [6.45, 7) is 4.36. The summed E-state index contributed by atoms with van der Waals surface area (Å²) in [4.78, 5) is 5.76. The fourth-order valence-electron chi connectivity index (χ4n) is 1.82. The van der Waals surface area contributed by atoms with Gasteiger partial charge in [-0.1, -0.05) is 6.07 Å². The van der Waals surface area contributed by atoms with Crippen LogP contribution in [0.3, 0.4) is 0 Å². The van der Waals surface area contributed by atoms with Crippen molar-refractivity contribution in [3.63, 3.8) is 0 Å². The summed E-state index contributed by atoms with van der Waals surface area (Å²) in [6.07, 6.45) is 0.855. The average molecular weight is 282 g/mol. The Morgan fingerprint density at radius 3 is 2.83 bits per heavy atom. The number of anilines is 1. The summed E-state index contributed by atoms with van der Waals surface area (Å²) in [5.74, 6) is 0.905. The minimum atomic E-state index is 0.362. The van der Waals surface area contributed by atoms with E-state index in [1.165, 1.54) is 16.4 Å². The number of aromatic nitrogens is 2. The Kier molecular flexibility index (Phi) is 4.68. The molecule has 2 N–H and O–H groups in total. The Morgan fingerprint density at radius 1 is 1.39 bits per heavy atom. The zero-order chi connectivity index (χ0) is 13.0. The molecule has 18 heavy (non-hydrogen) atoms. The Balaban J connectivity index is 1.86. The van der Waals surface area contributed by atoms with Gasteiger partial charge >= 0.3 is 0 Å². The lowest BCUT2D eigenvalue weighted by atomic mass is 10.2. The van der Waals surface area contributed by atoms with Gasteiger partial charge < -0.3 is 10.6 Å². The third-order valence-corrected chi connectivity index (χ3v) is 4.50. The van der Waals surface area contributed by atoms with Gasteiger partial charge in [0.05, 0.1) is 0 Å². The van der Waals surface area contributed by atoms with Gasteiger partial charge in [0.2, 0.25) is 5.13 Å². The van der Waals surface area contributed by atoms with E-state index in [4.69, 9.17) is 0 Å². The summed E-state index contributed by atoms with van der Waals surface area (Å²) in [7, 11) is 1.87. The first kappa shape index (κ1) is 13.5. The molecule has 0 radical (unpaired) electrons. The topological polar surface area (TPSA) is 49.8 Å². The summed E-state index contributed by atoms with van der Waals surface area (Å²) < 4.78 is 4.33. The molecule has 98 valence electrons. The van der Waals surface area contributed by atoms with Crippen molar-refractivity contribution in [2.24, 2.45) is 0 Å². The van der Waals surface area contributed by atoms with Gasteiger partial charge in [0.1, 0.15) is 5.82 Å². The van der Waals surface area contributed by atoms with Gasteiger partial charge in [-0.05, 0) is 25.3 Å².